The van der Waals surface area contributed by atoms with Gasteiger partial charge in [-0.2, -0.15) is 4.58 Å². The summed E-state index contributed by atoms with van der Waals surface area (Å²) in [7, 11) is 0. The molecule has 2 aromatic heterocycles. The fraction of sp³-hybridized carbons (Fsp3) is 0.0278. The molecule has 3 heterocycles. The second-order valence-electron chi connectivity index (χ2n) is 10.4. The highest BCUT2D eigenvalue weighted by Crippen LogP contribution is 2.47. The van der Waals surface area contributed by atoms with Gasteiger partial charge in [0.15, 0.2) is 0 Å². The van der Waals surface area contributed by atoms with Crippen LogP contribution in [0, 0.1) is 0 Å². The minimum atomic E-state index is 0.108. The van der Waals surface area contributed by atoms with Crippen molar-refractivity contribution in [3.05, 3.63) is 140 Å². The summed E-state index contributed by atoms with van der Waals surface area (Å²) in [6.45, 7) is 0. The molecule has 5 aromatic carbocycles. The van der Waals surface area contributed by atoms with E-state index in [-0.39, 0.29) is 6.04 Å². The first-order valence-electron chi connectivity index (χ1n) is 13.5. The minimum Gasteiger partial charge on any atom is -0.318 e. The topological polar surface area (TPSA) is 12.9 Å². The van der Waals surface area contributed by atoms with Crippen LogP contribution in [0.1, 0.15) is 6.04 Å². The van der Waals surface area contributed by atoms with Gasteiger partial charge in [-0.15, -0.1) is 0 Å². The van der Waals surface area contributed by atoms with E-state index < -0.39 is 0 Å². The third-order valence-electron chi connectivity index (χ3n) is 8.38. The molecule has 1 aliphatic carbocycles. The van der Waals surface area contributed by atoms with E-state index in [0.717, 1.165) is 0 Å². The van der Waals surface area contributed by atoms with E-state index in [1.807, 2.05) is 0 Å². The van der Waals surface area contributed by atoms with Gasteiger partial charge < -0.3 is 9.13 Å². The number of allylic oxidation sites excluding steroid dienone is 4. The molecule has 0 amide bonds. The molecule has 0 radical (unpaired) electrons. The van der Waals surface area contributed by atoms with E-state index in [0.29, 0.717) is 0 Å². The SMILES string of the molecule is C1=CC2=[N+](c3ccccc3)c3cccc4c5c6c(ccc5n(c34)C2C=C1)c1ccccc1n6-c1ccccc1. The van der Waals surface area contributed by atoms with Crippen molar-refractivity contribution in [3.8, 4) is 5.69 Å². The van der Waals surface area contributed by atoms with Crippen LogP contribution in [0.3, 0.4) is 0 Å². The van der Waals surface area contributed by atoms with Crippen molar-refractivity contribution in [2.75, 3.05) is 0 Å². The first-order valence-corrected chi connectivity index (χ1v) is 13.5. The number of hydrogen-bond acceptors (Lipinski definition) is 0. The highest BCUT2D eigenvalue weighted by Gasteiger charge is 2.37. The van der Waals surface area contributed by atoms with Crippen LogP contribution in [0.25, 0.3) is 49.3 Å². The molecule has 0 saturated carbocycles. The van der Waals surface area contributed by atoms with Crippen molar-refractivity contribution >= 4 is 60.7 Å². The Bertz CT molecular complexity index is 2210. The highest BCUT2D eigenvalue weighted by atomic mass is 15.2. The van der Waals surface area contributed by atoms with Crippen LogP contribution >= 0.6 is 0 Å². The molecule has 0 bridgehead atoms. The minimum absolute atomic E-state index is 0.108. The molecule has 1 aliphatic heterocycles. The summed E-state index contributed by atoms with van der Waals surface area (Å²) >= 11 is 0. The molecule has 1 atom stereocenters. The van der Waals surface area contributed by atoms with Gasteiger partial charge in [0, 0.05) is 51.5 Å². The molecule has 3 heteroatoms. The Balaban J connectivity index is 1.51. The van der Waals surface area contributed by atoms with Crippen molar-refractivity contribution in [2.24, 2.45) is 0 Å². The third-order valence-corrected chi connectivity index (χ3v) is 8.38. The largest absolute Gasteiger partial charge is 0.318 e. The van der Waals surface area contributed by atoms with Crippen LogP contribution in [0.15, 0.2) is 140 Å². The summed E-state index contributed by atoms with van der Waals surface area (Å²) in [5.74, 6) is 0. The molecule has 2 aliphatic rings. The fourth-order valence-corrected chi connectivity index (χ4v) is 6.88. The average Bonchev–Trinajstić information content (AvgIpc) is 3.52. The van der Waals surface area contributed by atoms with E-state index in [1.54, 1.807) is 0 Å². The van der Waals surface area contributed by atoms with E-state index in [1.165, 1.54) is 66.4 Å². The summed E-state index contributed by atoms with van der Waals surface area (Å²) in [6.07, 6.45) is 8.94. The summed E-state index contributed by atoms with van der Waals surface area (Å²) in [6, 6.07) is 41.9. The maximum absolute atomic E-state index is 2.56. The van der Waals surface area contributed by atoms with Gasteiger partial charge in [-0.05, 0) is 24.3 Å². The zero-order chi connectivity index (χ0) is 25.5. The predicted octanol–water partition coefficient (Wildman–Crippen LogP) is 8.85. The zero-order valence-corrected chi connectivity index (χ0v) is 21.2. The second-order valence-corrected chi connectivity index (χ2v) is 10.4. The Labute approximate surface area is 225 Å². The van der Waals surface area contributed by atoms with Gasteiger partial charge in [0.05, 0.1) is 16.6 Å². The fourth-order valence-electron chi connectivity index (χ4n) is 6.88. The smallest absolute Gasteiger partial charge is 0.235 e. The summed E-state index contributed by atoms with van der Waals surface area (Å²) in [5.41, 5.74) is 9.90. The van der Waals surface area contributed by atoms with Crippen LogP contribution in [0.2, 0.25) is 0 Å². The van der Waals surface area contributed by atoms with Crippen molar-refractivity contribution in [3.63, 3.8) is 0 Å². The van der Waals surface area contributed by atoms with E-state index >= 15 is 0 Å². The number of hydrogen-bond donors (Lipinski definition) is 0. The highest BCUT2D eigenvalue weighted by molar-refractivity contribution is 6.28. The molecule has 0 fully saturated rings. The first kappa shape index (κ1) is 20.9. The molecule has 7 aromatic rings. The molecule has 0 spiro atoms. The second kappa shape index (κ2) is 7.68. The first-order chi connectivity index (χ1) is 19.4. The number of para-hydroxylation sites is 4. The normalized spacial score (nSPS) is 16.2. The molecule has 9 rings (SSSR count). The van der Waals surface area contributed by atoms with Crippen molar-refractivity contribution in [2.45, 2.75) is 6.04 Å². The number of rotatable bonds is 2. The zero-order valence-electron chi connectivity index (χ0n) is 21.2. The summed E-state index contributed by atoms with van der Waals surface area (Å²) in [4.78, 5) is 0. The molecular formula is C36H24N3+. The lowest BCUT2D eigenvalue weighted by Gasteiger charge is -2.24. The molecule has 0 N–H and O–H groups in total. The van der Waals surface area contributed by atoms with Crippen molar-refractivity contribution in [1.82, 2.24) is 13.7 Å². The number of aromatic nitrogens is 2. The van der Waals surface area contributed by atoms with Gasteiger partial charge in [-0.3, -0.25) is 0 Å². The Kier molecular flexibility index (Phi) is 4.11. The number of fused-ring (bicyclic) bond motifs is 9. The van der Waals surface area contributed by atoms with Gasteiger partial charge >= 0.3 is 0 Å². The maximum atomic E-state index is 2.56. The molecule has 182 valence electrons. The van der Waals surface area contributed by atoms with Crippen molar-refractivity contribution < 1.29 is 0 Å². The molecular weight excluding hydrogens is 474 g/mol. The van der Waals surface area contributed by atoms with Crippen LogP contribution in [-0.4, -0.2) is 14.8 Å². The predicted molar refractivity (Wildman–Crippen MR) is 164 cm³/mol. The molecule has 0 saturated heterocycles. The Hall–Kier alpha value is -5.15. The lowest BCUT2D eigenvalue weighted by Crippen LogP contribution is -2.30. The Morgan fingerprint density at radius 1 is 0.564 bits per heavy atom. The van der Waals surface area contributed by atoms with Crippen LogP contribution < -0.4 is 4.58 Å². The third kappa shape index (κ3) is 2.69. The number of nitrogens with zero attached hydrogens (tertiary/aromatic N) is 3. The Morgan fingerprint density at radius 3 is 2.21 bits per heavy atom. The van der Waals surface area contributed by atoms with Gasteiger partial charge in [0.1, 0.15) is 11.6 Å². The van der Waals surface area contributed by atoms with Gasteiger partial charge in [-0.25, -0.2) is 0 Å². The van der Waals surface area contributed by atoms with Gasteiger partial charge in [0.25, 0.3) is 0 Å². The Morgan fingerprint density at radius 2 is 1.33 bits per heavy atom. The van der Waals surface area contributed by atoms with E-state index in [4.69, 9.17) is 0 Å². The maximum Gasteiger partial charge on any atom is 0.235 e. The monoisotopic (exact) mass is 498 g/mol. The van der Waals surface area contributed by atoms with Crippen LogP contribution in [0.5, 0.6) is 0 Å². The average molecular weight is 499 g/mol. The van der Waals surface area contributed by atoms with Crippen LogP contribution in [0.4, 0.5) is 11.4 Å². The molecule has 3 nitrogen and oxygen atoms in total. The summed E-state index contributed by atoms with van der Waals surface area (Å²) in [5, 5.41) is 5.16. The molecule has 39 heavy (non-hydrogen) atoms. The summed E-state index contributed by atoms with van der Waals surface area (Å²) < 4.78 is 7.45. The van der Waals surface area contributed by atoms with E-state index in [9.17, 15) is 0 Å². The number of benzene rings is 5. The lowest BCUT2D eigenvalue weighted by atomic mass is 10.0. The quantitative estimate of drug-likeness (QED) is 0.211. The molecule has 1 unspecified atom stereocenters. The van der Waals surface area contributed by atoms with Gasteiger partial charge in [0.2, 0.25) is 17.1 Å². The van der Waals surface area contributed by atoms with Crippen LogP contribution in [-0.2, 0) is 0 Å². The van der Waals surface area contributed by atoms with Crippen molar-refractivity contribution in [1.29, 1.82) is 0 Å². The lowest BCUT2D eigenvalue weighted by molar-refractivity contribution is 0.781. The van der Waals surface area contributed by atoms with Gasteiger partial charge in [-0.1, -0.05) is 91.0 Å². The standard InChI is InChI=1S/C36H24N3/c1-3-12-24(13-4-1)37-30-19-9-10-20-31(30)39-32-23-22-27-26-16-7-8-18-29(26)38(25-14-5-2-6-15-25)36(27)34(32)28-17-11-21-33(37)35(28)39/h1-23,31H/q+1. The van der Waals surface area contributed by atoms with E-state index in [2.05, 4.69) is 153 Å².